The average Bonchev–Trinajstić information content (AvgIpc) is 2.75. The van der Waals surface area contributed by atoms with Gasteiger partial charge in [-0.05, 0) is 44.4 Å². The Labute approximate surface area is 107 Å². The Hall–Kier alpha value is -1.62. The van der Waals surface area contributed by atoms with E-state index in [9.17, 15) is 4.79 Å². The van der Waals surface area contributed by atoms with E-state index in [0.717, 1.165) is 36.6 Å². The monoisotopic (exact) mass is 248 g/mol. The Balaban J connectivity index is 2.40. The summed E-state index contributed by atoms with van der Waals surface area (Å²) < 4.78 is 0. The molecule has 5 heteroatoms. The number of anilines is 1. The molecule has 2 rings (SSSR count). The number of primary amides is 1. The fraction of sp³-hybridized carbons (Fsp3) is 0.538. The molecule has 18 heavy (non-hydrogen) atoms. The van der Waals surface area contributed by atoms with Crippen molar-refractivity contribution in [3.63, 3.8) is 0 Å². The normalized spacial score (nSPS) is 19.3. The van der Waals surface area contributed by atoms with Crippen LogP contribution in [0, 0.1) is 19.8 Å². The number of amides is 1. The van der Waals surface area contributed by atoms with Gasteiger partial charge in [0.15, 0.2) is 0 Å². The van der Waals surface area contributed by atoms with Crippen LogP contribution in [0.1, 0.15) is 28.0 Å². The second-order valence-electron chi connectivity index (χ2n) is 4.98. The fourth-order valence-corrected chi connectivity index (χ4v) is 2.57. The van der Waals surface area contributed by atoms with Crippen molar-refractivity contribution in [2.24, 2.45) is 17.4 Å². The highest BCUT2D eigenvalue weighted by Gasteiger charge is 2.26. The van der Waals surface area contributed by atoms with Crippen LogP contribution in [0.15, 0.2) is 6.07 Å². The summed E-state index contributed by atoms with van der Waals surface area (Å²) in [6.45, 7) is 6.24. The quantitative estimate of drug-likeness (QED) is 0.819. The number of nitrogens with zero attached hydrogens (tertiary/aromatic N) is 2. The number of aromatic nitrogens is 1. The maximum absolute atomic E-state index is 11.6. The van der Waals surface area contributed by atoms with Crippen molar-refractivity contribution >= 4 is 11.7 Å². The molecule has 0 aromatic carbocycles. The van der Waals surface area contributed by atoms with E-state index in [4.69, 9.17) is 11.5 Å². The van der Waals surface area contributed by atoms with Crippen molar-refractivity contribution in [2.45, 2.75) is 20.3 Å². The maximum Gasteiger partial charge on any atom is 0.252 e. The number of hydrogen-bond donors (Lipinski definition) is 2. The van der Waals surface area contributed by atoms with Crippen LogP contribution in [0.4, 0.5) is 5.82 Å². The molecule has 1 saturated heterocycles. The van der Waals surface area contributed by atoms with Gasteiger partial charge < -0.3 is 16.4 Å². The molecule has 1 amide bonds. The highest BCUT2D eigenvalue weighted by Crippen LogP contribution is 2.27. The molecule has 0 aliphatic carbocycles. The molecule has 1 aliphatic rings. The first-order valence-electron chi connectivity index (χ1n) is 6.26. The second kappa shape index (κ2) is 4.94. The van der Waals surface area contributed by atoms with Crippen molar-refractivity contribution in [3.05, 3.63) is 22.9 Å². The van der Waals surface area contributed by atoms with E-state index in [1.165, 1.54) is 0 Å². The number of pyridine rings is 1. The van der Waals surface area contributed by atoms with Crippen LogP contribution in [0.25, 0.3) is 0 Å². The summed E-state index contributed by atoms with van der Waals surface area (Å²) in [5.41, 5.74) is 13.5. The summed E-state index contributed by atoms with van der Waals surface area (Å²) in [7, 11) is 0. The Morgan fingerprint density at radius 1 is 1.56 bits per heavy atom. The summed E-state index contributed by atoms with van der Waals surface area (Å²) >= 11 is 0. The van der Waals surface area contributed by atoms with Crippen LogP contribution in [0.3, 0.4) is 0 Å². The molecule has 0 saturated carbocycles. The number of nitrogens with two attached hydrogens (primary N) is 2. The summed E-state index contributed by atoms with van der Waals surface area (Å²) in [6, 6.07) is 1.89. The predicted molar refractivity (Wildman–Crippen MR) is 71.6 cm³/mol. The third kappa shape index (κ3) is 2.31. The van der Waals surface area contributed by atoms with Gasteiger partial charge in [-0.25, -0.2) is 4.98 Å². The van der Waals surface area contributed by atoms with Gasteiger partial charge >= 0.3 is 0 Å². The molecular formula is C13H20N4O. The maximum atomic E-state index is 11.6. The zero-order valence-corrected chi connectivity index (χ0v) is 10.9. The molecule has 1 aliphatic heterocycles. The van der Waals surface area contributed by atoms with Gasteiger partial charge in [0.2, 0.25) is 0 Å². The van der Waals surface area contributed by atoms with E-state index in [1.54, 1.807) is 0 Å². The number of rotatable bonds is 3. The second-order valence-corrected chi connectivity index (χ2v) is 4.98. The van der Waals surface area contributed by atoms with Crippen LogP contribution in [-0.4, -0.2) is 30.5 Å². The highest BCUT2D eigenvalue weighted by atomic mass is 16.1. The first-order valence-corrected chi connectivity index (χ1v) is 6.26. The van der Waals surface area contributed by atoms with Gasteiger partial charge in [-0.2, -0.15) is 0 Å². The highest BCUT2D eigenvalue weighted by molar-refractivity contribution is 5.99. The Kier molecular flexibility index (Phi) is 3.52. The lowest BCUT2D eigenvalue weighted by Gasteiger charge is -2.21. The van der Waals surface area contributed by atoms with E-state index >= 15 is 0 Å². The first kappa shape index (κ1) is 12.8. The van der Waals surface area contributed by atoms with Crippen LogP contribution >= 0.6 is 0 Å². The Morgan fingerprint density at radius 3 is 2.83 bits per heavy atom. The third-order valence-electron chi connectivity index (χ3n) is 3.49. The minimum Gasteiger partial charge on any atom is -0.365 e. The topological polar surface area (TPSA) is 85.2 Å². The molecule has 0 bridgehead atoms. The summed E-state index contributed by atoms with van der Waals surface area (Å²) in [5.74, 6) is 0.787. The Morgan fingerprint density at radius 2 is 2.28 bits per heavy atom. The van der Waals surface area contributed by atoms with E-state index in [0.29, 0.717) is 18.0 Å². The molecule has 4 N–H and O–H groups in total. The molecule has 1 aromatic rings. The number of carbonyl (C=O) groups is 1. The van der Waals surface area contributed by atoms with E-state index in [1.807, 2.05) is 19.9 Å². The summed E-state index contributed by atoms with van der Waals surface area (Å²) in [6.07, 6.45) is 1.05. The molecule has 5 nitrogen and oxygen atoms in total. The molecule has 1 unspecified atom stereocenters. The van der Waals surface area contributed by atoms with Gasteiger partial charge in [-0.15, -0.1) is 0 Å². The first-order chi connectivity index (χ1) is 8.52. The smallest absolute Gasteiger partial charge is 0.252 e. The van der Waals surface area contributed by atoms with Crippen molar-refractivity contribution in [1.82, 2.24) is 4.98 Å². The molecule has 0 spiro atoms. The molecule has 2 heterocycles. The molecule has 98 valence electrons. The summed E-state index contributed by atoms with van der Waals surface area (Å²) in [5, 5.41) is 0. The van der Waals surface area contributed by atoms with E-state index < -0.39 is 5.91 Å². The standard InChI is InChI=1S/C13H20N4O/c1-8-5-9(2)16-13(11(8)12(15)18)17-4-3-10(6-14)7-17/h5,10H,3-4,6-7,14H2,1-2H3,(H2,15,18). The van der Waals surface area contributed by atoms with Crippen molar-refractivity contribution in [2.75, 3.05) is 24.5 Å². The van der Waals surface area contributed by atoms with Gasteiger partial charge in [-0.3, -0.25) is 4.79 Å². The lowest BCUT2D eigenvalue weighted by molar-refractivity contribution is 0.1000. The SMILES string of the molecule is Cc1cc(C)c(C(N)=O)c(N2CCC(CN)C2)n1. The number of carbonyl (C=O) groups excluding carboxylic acids is 1. The van der Waals surface area contributed by atoms with Gasteiger partial charge in [0.25, 0.3) is 5.91 Å². The zero-order valence-electron chi connectivity index (χ0n) is 10.9. The third-order valence-corrected chi connectivity index (χ3v) is 3.49. The number of hydrogen-bond acceptors (Lipinski definition) is 4. The van der Waals surface area contributed by atoms with Crippen LogP contribution in [-0.2, 0) is 0 Å². The van der Waals surface area contributed by atoms with Gasteiger partial charge in [0.05, 0.1) is 5.56 Å². The fourth-order valence-electron chi connectivity index (χ4n) is 2.57. The van der Waals surface area contributed by atoms with Gasteiger partial charge in [-0.1, -0.05) is 0 Å². The Bertz CT molecular complexity index is 472. The zero-order chi connectivity index (χ0) is 13.3. The molecule has 1 atom stereocenters. The van der Waals surface area contributed by atoms with E-state index in [2.05, 4.69) is 9.88 Å². The predicted octanol–water partition coefficient (Wildman–Crippen LogP) is 0.582. The molecule has 1 fully saturated rings. The van der Waals surface area contributed by atoms with Crippen molar-refractivity contribution < 1.29 is 4.79 Å². The minimum absolute atomic E-state index is 0.411. The lowest BCUT2D eigenvalue weighted by Crippen LogP contribution is -2.27. The van der Waals surface area contributed by atoms with Crippen LogP contribution in [0.2, 0.25) is 0 Å². The van der Waals surface area contributed by atoms with E-state index in [-0.39, 0.29) is 0 Å². The minimum atomic E-state index is -0.411. The molecular weight excluding hydrogens is 228 g/mol. The lowest BCUT2D eigenvalue weighted by atomic mass is 10.1. The molecule has 1 aromatic heterocycles. The van der Waals surface area contributed by atoms with Crippen LogP contribution < -0.4 is 16.4 Å². The van der Waals surface area contributed by atoms with Crippen molar-refractivity contribution in [3.8, 4) is 0 Å². The van der Waals surface area contributed by atoms with Gasteiger partial charge in [0, 0.05) is 18.8 Å². The van der Waals surface area contributed by atoms with Crippen molar-refractivity contribution in [1.29, 1.82) is 0 Å². The number of aryl methyl sites for hydroxylation is 2. The van der Waals surface area contributed by atoms with Gasteiger partial charge in [0.1, 0.15) is 5.82 Å². The van der Waals surface area contributed by atoms with Crippen LogP contribution in [0.5, 0.6) is 0 Å². The molecule has 0 radical (unpaired) electrons. The summed E-state index contributed by atoms with van der Waals surface area (Å²) in [4.78, 5) is 18.2. The average molecular weight is 248 g/mol. The largest absolute Gasteiger partial charge is 0.365 e.